The summed E-state index contributed by atoms with van der Waals surface area (Å²) >= 11 is 2.10. The first-order valence-electron chi connectivity index (χ1n) is 9.00. The fourth-order valence-electron chi connectivity index (χ4n) is 2.53. The van der Waals surface area contributed by atoms with Gasteiger partial charge in [-0.15, -0.1) is 0 Å². The number of hydrogen-bond acceptors (Lipinski definition) is 4. The molecule has 146 valence electrons. The summed E-state index contributed by atoms with van der Waals surface area (Å²) in [5.74, 6) is 0.130. The predicted molar refractivity (Wildman–Crippen MR) is 114 cm³/mol. The molecule has 0 spiro atoms. The molecule has 0 atom stereocenters. The van der Waals surface area contributed by atoms with Crippen LogP contribution in [0.25, 0.3) is 0 Å². The van der Waals surface area contributed by atoms with Gasteiger partial charge in [0.1, 0.15) is 5.75 Å². The van der Waals surface area contributed by atoms with Gasteiger partial charge in [-0.1, -0.05) is 13.3 Å². The number of hydrogen-bond donors (Lipinski definition) is 2. The standard InChI is InChI=1S/C19H30IN3O3/c1-5-6-10-23(3)11-8-7-9-21-19(25)15-12-16(20)17(22-14(2)24)13-18(15)26-4/h12-13H,5-11H2,1-4H3,(H,21,25)(H,22,24)/i20-4. The summed E-state index contributed by atoms with van der Waals surface area (Å²) in [6.45, 7) is 6.44. The van der Waals surface area contributed by atoms with Crippen molar-refractivity contribution in [2.24, 2.45) is 0 Å². The number of benzene rings is 1. The zero-order chi connectivity index (χ0) is 19.5. The van der Waals surface area contributed by atoms with Crippen LogP contribution < -0.4 is 15.4 Å². The Labute approximate surface area is 170 Å². The minimum absolute atomic E-state index is 0.159. The molecule has 0 aromatic heterocycles. The second-order valence-corrected chi connectivity index (χ2v) is 7.50. The molecule has 0 fully saturated rings. The summed E-state index contributed by atoms with van der Waals surface area (Å²) in [6, 6.07) is 3.42. The van der Waals surface area contributed by atoms with E-state index in [2.05, 4.69) is 52.1 Å². The van der Waals surface area contributed by atoms with Gasteiger partial charge in [-0.25, -0.2) is 0 Å². The van der Waals surface area contributed by atoms with E-state index >= 15 is 0 Å². The summed E-state index contributed by atoms with van der Waals surface area (Å²) in [5.41, 5.74) is 1.12. The first-order chi connectivity index (χ1) is 12.4. The average molecular weight is 471 g/mol. The maximum atomic E-state index is 12.5. The van der Waals surface area contributed by atoms with Crippen LogP contribution in [0.4, 0.5) is 5.69 Å². The molecular weight excluding hydrogens is 441 g/mol. The maximum absolute atomic E-state index is 12.5. The molecule has 0 aliphatic heterocycles. The van der Waals surface area contributed by atoms with E-state index in [1.165, 1.54) is 26.9 Å². The highest BCUT2D eigenvalue weighted by Crippen LogP contribution is 2.28. The molecule has 2 N–H and O–H groups in total. The van der Waals surface area contributed by atoms with Crippen molar-refractivity contribution in [2.75, 3.05) is 39.1 Å². The zero-order valence-corrected chi connectivity index (χ0v) is 18.3. The number of nitrogens with zero attached hydrogens (tertiary/aromatic N) is 1. The lowest BCUT2D eigenvalue weighted by Crippen LogP contribution is -2.26. The monoisotopic (exact) mass is 471 g/mol. The average Bonchev–Trinajstić information content (AvgIpc) is 2.60. The number of anilines is 1. The molecule has 0 saturated carbocycles. The van der Waals surface area contributed by atoms with E-state index in [1.54, 1.807) is 12.1 Å². The van der Waals surface area contributed by atoms with Crippen molar-refractivity contribution in [3.8, 4) is 5.75 Å². The van der Waals surface area contributed by atoms with Gasteiger partial charge in [-0.05, 0) is 68.1 Å². The Morgan fingerprint density at radius 1 is 1.19 bits per heavy atom. The Hall–Kier alpha value is -1.35. The van der Waals surface area contributed by atoms with Gasteiger partial charge in [0.25, 0.3) is 5.91 Å². The van der Waals surface area contributed by atoms with Gasteiger partial charge in [-0.3, -0.25) is 9.59 Å². The summed E-state index contributed by atoms with van der Waals surface area (Å²) in [5, 5.41) is 5.69. The first-order valence-corrected chi connectivity index (χ1v) is 10.1. The number of carbonyl (C=O) groups is 2. The van der Waals surface area contributed by atoms with E-state index in [1.807, 2.05) is 0 Å². The number of nitrogens with one attached hydrogen (secondary N) is 2. The normalized spacial score (nSPS) is 10.7. The lowest BCUT2D eigenvalue weighted by Gasteiger charge is -2.16. The summed E-state index contributed by atoms with van der Waals surface area (Å²) < 4.78 is 6.11. The highest BCUT2D eigenvalue weighted by Gasteiger charge is 2.16. The van der Waals surface area contributed by atoms with Crippen molar-refractivity contribution in [2.45, 2.75) is 39.5 Å². The van der Waals surface area contributed by atoms with Crippen LogP contribution in [0.15, 0.2) is 12.1 Å². The van der Waals surface area contributed by atoms with Crippen LogP contribution in [0.5, 0.6) is 5.75 Å². The van der Waals surface area contributed by atoms with E-state index in [9.17, 15) is 9.59 Å². The summed E-state index contributed by atoms with van der Waals surface area (Å²) in [7, 11) is 3.65. The second-order valence-electron chi connectivity index (χ2n) is 6.33. The molecule has 1 aromatic rings. The Balaban J connectivity index is 2.54. The predicted octanol–water partition coefficient (Wildman–Crippen LogP) is 3.50. The van der Waals surface area contributed by atoms with Gasteiger partial charge in [0.15, 0.2) is 0 Å². The minimum atomic E-state index is -0.161. The molecule has 1 aromatic carbocycles. The van der Waals surface area contributed by atoms with Gasteiger partial charge in [0.2, 0.25) is 5.91 Å². The Kier molecular flexibility index (Phi) is 10.6. The van der Waals surface area contributed by atoms with Gasteiger partial charge in [0, 0.05) is 23.1 Å². The highest BCUT2D eigenvalue weighted by molar-refractivity contribution is 14.1. The van der Waals surface area contributed by atoms with Crippen molar-refractivity contribution in [1.29, 1.82) is 0 Å². The molecule has 2 amide bonds. The van der Waals surface area contributed by atoms with Crippen LogP contribution in [0.2, 0.25) is 0 Å². The van der Waals surface area contributed by atoms with Crippen molar-refractivity contribution >= 4 is 40.1 Å². The molecule has 0 heterocycles. The number of rotatable bonds is 11. The lowest BCUT2D eigenvalue weighted by molar-refractivity contribution is -0.114. The van der Waals surface area contributed by atoms with Crippen LogP contribution in [-0.2, 0) is 4.79 Å². The molecule has 0 radical (unpaired) electrons. The van der Waals surface area contributed by atoms with Crippen molar-refractivity contribution in [3.05, 3.63) is 21.3 Å². The van der Waals surface area contributed by atoms with Crippen LogP contribution in [0.3, 0.4) is 0 Å². The van der Waals surface area contributed by atoms with Crippen LogP contribution >= 0.6 is 22.6 Å². The fraction of sp³-hybridized carbons (Fsp3) is 0.579. The highest BCUT2D eigenvalue weighted by atomic mass is 123. The van der Waals surface area contributed by atoms with Gasteiger partial charge >= 0.3 is 0 Å². The Morgan fingerprint density at radius 3 is 2.50 bits per heavy atom. The van der Waals surface area contributed by atoms with E-state index < -0.39 is 0 Å². The zero-order valence-electron chi connectivity index (χ0n) is 16.2. The molecule has 26 heavy (non-hydrogen) atoms. The molecule has 0 aliphatic carbocycles. The molecule has 0 unspecified atom stereocenters. The third-order valence-corrected chi connectivity index (χ3v) is 4.88. The SMILES string of the molecule is CCCCN(C)CCCCNC(=O)c1cc([123I])c(NC(C)=O)cc1OC. The third-order valence-electron chi connectivity index (χ3n) is 3.99. The topological polar surface area (TPSA) is 70.7 Å². The van der Waals surface area contributed by atoms with Crippen molar-refractivity contribution < 1.29 is 14.3 Å². The molecule has 0 bridgehead atoms. The smallest absolute Gasteiger partial charge is 0.255 e. The van der Waals surface area contributed by atoms with Gasteiger partial charge < -0.3 is 20.3 Å². The number of carbonyl (C=O) groups excluding carboxylic acids is 2. The molecular formula is C19H30IN3O3. The van der Waals surface area contributed by atoms with Crippen molar-refractivity contribution in [1.82, 2.24) is 10.2 Å². The first kappa shape index (κ1) is 22.7. The second kappa shape index (κ2) is 12.1. The van der Waals surface area contributed by atoms with Crippen LogP contribution in [-0.4, -0.2) is 50.5 Å². The third kappa shape index (κ3) is 7.90. The Bertz CT molecular complexity index is 608. The molecule has 0 aliphatic rings. The number of amides is 2. The quantitative estimate of drug-likeness (QED) is 0.383. The summed E-state index contributed by atoms with van der Waals surface area (Å²) in [6.07, 6.45) is 4.42. The van der Waals surface area contributed by atoms with E-state index in [-0.39, 0.29) is 11.8 Å². The number of unbranched alkanes of at least 4 members (excludes halogenated alkanes) is 2. The van der Waals surface area contributed by atoms with Crippen LogP contribution in [0.1, 0.15) is 49.9 Å². The number of halogens is 1. The van der Waals surface area contributed by atoms with Gasteiger partial charge in [-0.2, -0.15) is 0 Å². The molecule has 1 rings (SSSR count). The summed E-state index contributed by atoms with van der Waals surface area (Å²) in [4.78, 5) is 26.0. The maximum Gasteiger partial charge on any atom is 0.255 e. The van der Waals surface area contributed by atoms with E-state index in [4.69, 9.17) is 4.74 Å². The van der Waals surface area contributed by atoms with Crippen LogP contribution in [0, 0.1) is 3.57 Å². The minimum Gasteiger partial charge on any atom is -0.496 e. The fourth-order valence-corrected chi connectivity index (χ4v) is 3.13. The van der Waals surface area contributed by atoms with Crippen molar-refractivity contribution in [3.63, 3.8) is 0 Å². The van der Waals surface area contributed by atoms with Gasteiger partial charge in [0.05, 0.1) is 18.4 Å². The molecule has 7 heteroatoms. The van der Waals surface area contributed by atoms with E-state index in [0.717, 1.165) is 29.5 Å². The number of methoxy groups -OCH3 is 1. The molecule has 6 nitrogen and oxygen atoms in total. The van der Waals surface area contributed by atoms with E-state index in [0.29, 0.717) is 23.5 Å². The largest absolute Gasteiger partial charge is 0.496 e. The molecule has 0 saturated heterocycles. The number of ether oxygens (including phenoxy) is 1. The lowest BCUT2D eigenvalue weighted by atomic mass is 10.1. The Morgan fingerprint density at radius 2 is 1.88 bits per heavy atom.